The normalized spacial score (nSPS) is 15.1. The number of ether oxygens (including phenoxy) is 1. The van der Waals surface area contributed by atoms with Crippen LogP contribution in [0.15, 0.2) is 24.7 Å². The van der Waals surface area contributed by atoms with Crippen molar-refractivity contribution >= 4 is 0 Å². The lowest BCUT2D eigenvalue weighted by atomic mass is 10.2. The van der Waals surface area contributed by atoms with Gasteiger partial charge in [-0.2, -0.15) is 0 Å². The molecule has 0 N–H and O–H groups in total. The SMILES string of the molecule is C=C/C(F)=C\N(C)C(C)OC(C)(C)C. The standard InChI is InChI=1S/C11H20FNO/c1-7-10(12)8-13(6)9(2)14-11(3,4)5/h7-9H,1H2,2-6H3/b10-8+. The number of halogens is 1. The second-order valence-corrected chi connectivity index (χ2v) is 4.21. The molecule has 0 aromatic carbocycles. The summed E-state index contributed by atoms with van der Waals surface area (Å²) in [5.41, 5.74) is -0.230. The second-order valence-electron chi connectivity index (χ2n) is 4.21. The highest BCUT2D eigenvalue weighted by Crippen LogP contribution is 2.13. The molecule has 1 atom stereocenters. The summed E-state index contributed by atoms with van der Waals surface area (Å²) >= 11 is 0. The molecule has 14 heavy (non-hydrogen) atoms. The van der Waals surface area contributed by atoms with Gasteiger partial charge in [0, 0.05) is 13.2 Å². The quantitative estimate of drug-likeness (QED) is 0.512. The van der Waals surface area contributed by atoms with E-state index >= 15 is 0 Å². The zero-order valence-electron chi connectivity index (χ0n) is 9.67. The highest BCUT2D eigenvalue weighted by molar-refractivity contribution is 5.06. The summed E-state index contributed by atoms with van der Waals surface area (Å²) in [5.74, 6) is -0.364. The Kier molecular flexibility index (Phi) is 4.85. The maximum Gasteiger partial charge on any atom is 0.138 e. The molecule has 0 heterocycles. The first kappa shape index (κ1) is 13.2. The molecular weight excluding hydrogens is 181 g/mol. The molecule has 0 aliphatic rings. The van der Waals surface area contributed by atoms with Gasteiger partial charge < -0.3 is 9.64 Å². The van der Waals surface area contributed by atoms with Crippen LogP contribution in [-0.2, 0) is 4.74 Å². The summed E-state index contributed by atoms with van der Waals surface area (Å²) in [6, 6.07) is 0. The second kappa shape index (κ2) is 5.15. The van der Waals surface area contributed by atoms with Crippen LogP contribution in [0.2, 0.25) is 0 Å². The van der Waals surface area contributed by atoms with Crippen molar-refractivity contribution in [2.24, 2.45) is 0 Å². The average Bonchev–Trinajstić information content (AvgIpc) is 2.00. The Hall–Kier alpha value is -0.830. The van der Waals surface area contributed by atoms with Gasteiger partial charge in [-0.3, -0.25) is 0 Å². The molecule has 0 fully saturated rings. The molecule has 0 saturated carbocycles. The van der Waals surface area contributed by atoms with Gasteiger partial charge in [0.1, 0.15) is 12.1 Å². The lowest BCUT2D eigenvalue weighted by Gasteiger charge is -2.30. The summed E-state index contributed by atoms with van der Waals surface area (Å²) in [7, 11) is 1.76. The van der Waals surface area contributed by atoms with Gasteiger partial charge in [0.05, 0.1) is 5.60 Å². The van der Waals surface area contributed by atoms with E-state index in [0.29, 0.717) is 0 Å². The van der Waals surface area contributed by atoms with E-state index in [0.717, 1.165) is 0 Å². The Labute approximate surface area is 86.0 Å². The Bertz CT molecular complexity index is 218. The van der Waals surface area contributed by atoms with E-state index < -0.39 is 0 Å². The number of hydrogen-bond acceptors (Lipinski definition) is 2. The van der Waals surface area contributed by atoms with Crippen molar-refractivity contribution < 1.29 is 9.13 Å². The van der Waals surface area contributed by atoms with Crippen LogP contribution in [0, 0.1) is 0 Å². The average molecular weight is 201 g/mol. The minimum atomic E-state index is -0.364. The topological polar surface area (TPSA) is 12.5 Å². The largest absolute Gasteiger partial charge is 0.353 e. The third kappa shape index (κ3) is 5.75. The molecule has 0 bridgehead atoms. The van der Waals surface area contributed by atoms with Gasteiger partial charge >= 0.3 is 0 Å². The first-order valence-corrected chi connectivity index (χ1v) is 4.66. The van der Waals surface area contributed by atoms with Crippen molar-refractivity contribution in [1.82, 2.24) is 4.90 Å². The minimum Gasteiger partial charge on any atom is -0.353 e. The van der Waals surface area contributed by atoms with Crippen LogP contribution in [0.3, 0.4) is 0 Å². The smallest absolute Gasteiger partial charge is 0.138 e. The molecule has 0 saturated heterocycles. The van der Waals surface area contributed by atoms with E-state index in [1.165, 1.54) is 12.3 Å². The van der Waals surface area contributed by atoms with E-state index in [2.05, 4.69) is 6.58 Å². The fraction of sp³-hybridized carbons (Fsp3) is 0.636. The molecule has 1 unspecified atom stereocenters. The van der Waals surface area contributed by atoms with Crippen molar-refractivity contribution in [2.75, 3.05) is 7.05 Å². The summed E-state index contributed by atoms with van der Waals surface area (Å²) in [6.45, 7) is 11.1. The molecule has 0 spiro atoms. The molecule has 2 nitrogen and oxygen atoms in total. The zero-order chi connectivity index (χ0) is 11.4. The van der Waals surface area contributed by atoms with Crippen LogP contribution < -0.4 is 0 Å². The van der Waals surface area contributed by atoms with Crippen molar-refractivity contribution in [1.29, 1.82) is 0 Å². The fourth-order valence-corrected chi connectivity index (χ4v) is 0.947. The lowest BCUT2D eigenvalue weighted by Crippen LogP contribution is -2.34. The Morgan fingerprint density at radius 2 is 2.00 bits per heavy atom. The van der Waals surface area contributed by atoms with Crippen molar-refractivity contribution in [3.63, 3.8) is 0 Å². The highest BCUT2D eigenvalue weighted by atomic mass is 19.1. The summed E-state index contributed by atoms with van der Waals surface area (Å²) in [6.07, 6.45) is 2.37. The fourth-order valence-electron chi connectivity index (χ4n) is 0.947. The van der Waals surface area contributed by atoms with Gasteiger partial charge in [0.25, 0.3) is 0 Å². The number of rotatable bonds is 4. The van der Waals surface area contributed by atoms with Crippen LogP contribution >= 0.6 is 0 Å². The van der Waals surface area contributed by atoms with E-state index in [9.17, 15) is 4.39 Å². The van der Waals surface area contributed by atoms with Gasteiger partial charge in [-0.1, -0.05) is 6.58 Å². The number of hydrogen-bond donors (Lipinski definition) is 0. The monoisotopic (exact) mass is 201 g/mol. The maximum atomic E-state index is 12.8. The molecule has 0 rings (SSSR count). The first-order chi connectivity index (χ1) is 6.26. The Morgan fingerprint density at radius 1 is 1.50 bits per heavy atom. The molecule has 0 aliphatic heterocycles. The van der Waals surface area contributed by atoms with Gasteiger partial charge in [-0.15, -0.1) is 0 Å². The highest BCUT2D eigenvalue weighted by Gasteiger charge is 2.16. The van der Waals surface area contributed by atoms with E-state index in [1.807, 2.05) is 27.7 Å². The van der Waals surface area contributed by atoms with Crippen molar-refractivity contribution in [2.45, 2.75) is 39.5 Å². The first-order valence-electron chi connectivity index (χ1n) is 4.66. The van der Waals surface area contributed by atoms with E-state index in [4.69, 9.17) is 4.74 Å². The molecular formula is C11H20FNO. The van der Waals surface area contributed by atoms with Gasteiger partial charge in [-0.25, -0.2) is 4.39 Å². The molecule has 82 valence electrons. The van der Waals surface area contributed by atoms with Crippen LogP contribution in [0.25, 0.3) is 0 Å². The third-order valence-corrected chi connectivity index (χ3v) is 1.62. The van der Waals surface area contributed by atoms with Gasteiger partial charge in [-0.05, 0) is 33.8 Å². The van der Waals surface area contributed by atoms with Crippen molar-refractivity contribution in [3.05, 3.63) is 24.7 Å². The molecule has 0 aliphatic carbocycles. The molecule has 0 amide bonds. The van der Waals surface area contributed by atoms with Gasteiger partial charge in [0.2, 0.25) is 0 Å². The van der Waals surface area contributed by atoms with Crippen LogP contribution in [0.5, 0.6) is 0 Å². The van der Waals surface area contributed by atoms with E-state index in [-0.39, 0.29) is 17.7 Å². The lowest BCUT2D eigenvalue weighted by molar-refractivity contribution is -0.102. The van der Waals surface area contributed by atoms with E-state index in [1.54, 1.807) is 11.9 Å². The summed E-state index contributed by atoms with van der Waals surface area (Å²) in [4.78, 5) is 1.67. The van der Waals surface area contributed by atoms with Crippen LogP contribution in [0.1, 0.15) is 27.7 Å². The Morgan fingerprint density at radius 3 is 2.36 bits per heavy atom. The zero-order valence-corrected chi connectivity index (χ0v) is 9.67. The van der Waals surface area contributed by atoms with Gasteiger partial charge in [0.15, 0.2) is 0 Å². The predicted molar refractivity (Wildman–Crippen MR) is 57.5 cm³/mol. The molecule has 3 heteroatoms. The van der Waals surface area contributed by atoms with Crippen LogP contribution in [0.4, 0.5) is 4.39 Å². The number of nitrogens with zero attached hydrogens (tertiary/aromatic N) is 1. The molecule has 0 aromatic heterocycles. The predicted octanol–water partition coefficient (Wildman–Crippen LogP) is 3.08. The maximum absolute atomic E-state index is 12.8. The van der Waals surface area contributed by atoms with Crippen LogP contribution in [-0.4, -0.2) is 23.8 Å². The minimum absolute atomic E-state index is 0.166. The molecule has 0 radical (unpaired) electrons. The van der Waals surface area contributed by atoms with Crippen molar-refractivity contribution in [3.8, 4) is 0 Å². The third-order valence-electron chi connectivity index (χ3n) is 1.62. The number of allylic oxidation sites excluding steroid dienone is 2. The summed E-state index contributed by atoms with van der Waals surface area (Å²) in [5, 5.41) is 0. The Balaban J connectivity index is 4.26. The summed E-state index contributed by atoms with van der Waals surface area (Å²) < 4.78 is 18.4. The molecule has 0 aromatic rings.